The maximum absolute atomic E-state index is 13.4. The molecule has 1 atom stereocenters. The first-order chi connectivity index (χ1) is 21.3. The molecule has 0 saturated heterocycles. The number of rotatable bonds is 9. The highest BCUT2D eigenvalue weighted by atomic mass is 35.5. The van der Waals surface area contributed by atoms with E-state index in [9.17, 15) is 17.6 Å². The highest BCUT2D eigenvalue weighted by molar-refractivity contribution is 7.88. The summed E-state index contributed by atoms with van der Waals surface area (Å²) in [7, 11) is -0.118. The second-order valence-corrected chi connectivity index (χ2v) is 12.5. The Morgan fingerprint density at radius 3 is 2.60 bits per heavy atom. The third-order valence-electron chi connectivity index (χ3n) is 6.65. The topological polar surface area (TPSA) is 147 Å². The van der Waals surface area contributed by atoms with E-state index in [1.54, 1.807) is 60.6 Å². The molecule has 0 aliphatic carbocycles. The minimum atomic E-state index is -3.37. The lowest BCUT2D eigenvalue weighted by molar-refractivity contribution is 0.102. The number of sulfonamides is 1. The van der Waals surface area contributed by atoms with E-state index in [0.29, 0.717) is 34.0 Å². The molecule has 45 heavy (non-hydrogen) atoms. The van der Waals surface area contributed by atoms with Gasteiger partial charge < -0.3 is 16.0 Å². The molecule has 4 aromatic rings. The molecule has 3 N–H and O–H groups in total. The number of halogens is 2. The van der Waals surface area contributed by atoms with Gasteiger partial charge in [0.15, 0.2) is 0 Å². The molecule has 0 aliphatic rings. The van der Waals surface area contributed by atoms with Crippen molar-refractivity contribution in [1.82, 2.24) is 19.3 Å². The van der Waals surface area contributed by atoms with Gasteiger partial charge in [0.2, 0.25) is 10.0 Å². The van der Waals surface area contributed by atoms with Crippen LogP contribution in [0.3, 0.4) is 0 Å². The van der Waals surface area contributed by atoms with Crippen LogP contribution in [0.25, 0.3) is 0 Å². The minimum Gasteiger partial charge on any atom is -0.382 e. The standard InChI is InChI=1S/C31H30ClFN8O3S/c1-20(41(3)30-25(29(34)37-19-38-30)14-13-23-12-11-22(33)17-35-23)16-36-27-10-6-9-26(32)28(27)31(42)39-24-8-5-7-21(15-24)18-40(2)45(4,43)44/h5-12,15-17,19-20H,18H2,1-4H3,(H,39,42)(H2,34,37,38)/t20-/m0/s1. The Kier molecular flexibility index (Phi) is 10.5. The minimum absolute atomic E-state index is 0.143. The molecule has 11 nitrogen and oxygen atoms in total. The van der Waals surface area contributed by atoms with Crippen molar-refractivity contribution in [2.24, 2.45) is 4.99 Å². The Morgan fingerprint density at radius 1 is 1.13 bits per heavy atom. The molecule has 2 aromatic heterocycles. The number of hydrogen-bond donors (Lipinski definition) is 2. The summed E-state index contributed by atoms with van der Waals surface area (Å²) in [5.74, 6) is 5.41. The number of amides is 1. The molecule has 2 heterocycles. The zero-order valence-electron chi connectivity index (χ0n) is 24.9. The Labute approximate surface area is 266 Å². The van der Waals surface area contributed by atoms with Crippen molar-refractivity contribution in [3.8, 4) is 11.8 Å². The van der Waals surface area contributed by atoms with Crippen LogP contribution in [0, 0.1) is 17.7 Å². The lowest BCUT2D eigenvalue weighted by Gasteiger charge is -2.24. The highest BCUT2D eigenvalue weighted by Crippen LogP contribution is 2.28. The first-order valence-corrected chi connectivity index (χ1v) is 15.7. The summed E-state index contributed by atoms with van der Waals surface area (Å²) in [6.07, 6.45) is 5.14. The first-order valence-electron chi connectivity index (χ1n) is 13.4. The summed E-state index contributed by atoms with van der Waals surface area (Å²) in [6, 6.07) is 14.2. The Hall–Kier alpha value is -4.90. The second-order valence-electron chi connectivity index (χ2n) is 10.0. The molecule has 0 spiro atoms. The maximum atomic E-state index is 13.4. The zero-order valence-corrected chi connectivity index (χ0v) is 26.4. The van der Waals surface area contributed by atoms with Crippen molar-refractivity contribution in [2.45, 2.75) is 19.5 Å². The predicted octanol–water partition coefficient (Wildman–Crippen LogP) is 4.52. The fraction of sp³-hybridized carbons (Fsp3) is 0.194. The van der Waals surface area contributed by atoms with E-state index in [1.807, 2.05) is 6.92 Å². The number of aliphatic imine (C=N–C) groups is 1. The van der Waals surface area contributed by atoms with Crippen molar-refractivity contribution in [1.29, 1.82) is 0 Å². The van der Waals surface area contributed by atoms with Crippen LogP contribution in [0.2, 0.25) is 5.02 Å². The number of hydrogen-bond acceptors (Lipinski definition) is 9. The zero-order chi connectivity index (χ0) is 32.7. The molecule has 0 radical (unpaired) electrons. The number of nitrogens with zero attached hydrogens (tertiary/aromatic N) is 6. The normalized spacial score (nSPS) is 12.1. The van der Waals surface area contributed by atoms with Gasteiger partial charge in [-0.2, -0.15) is 0 Å². The first kappa shape index (κ1) is 33.0. The van der Waals surface area contributed by atoms with Crippen LogP contribution in [-0.4, -0.2) is 66.2 Å². The largest absolute Gasteiger partial charge is 0.382 e. The van der Waals surface area contributed by atoms with Gasteiger partial charge in [-0.1, -0.05) is 35.7 Å². The van der Waals surface area contributed by atoms with Crippen molar-refractivity contribution in [3.63, 3.8) is 0 Å². The Morgan fingerprint density at radius 2 is 1.89 bits per heavy atom. The van der Waals surface area contributed by atoms with Crippen molar-refractivity contribution in [3.05, 3.63) is 100 Å². The van der Waals surface area contributed by atoms with Gasteiger partial charge in [0.25, 0.3) is 5.91 Å². The van der Waals surface area contributed by atoms with E-state index in [1.165, 1.54) is 29.8 Å². The predicted molar refractivity (Wildman–Crippen MR) is 175 cm³/mol. The molecule has 0 saturated carbocycles. The summed E-state index contributed by atoms with van der Waals surface area (Å²) in [5, 5.41) is 3.03. The molecule has 4 rings (SSSR count). The Balaban J connectivity index is 1.55. The summed E-state index contributed by atoms with van der Waals surface area (Å²) in [6.45, 7) is 2.01. The summed E-state index contributed by atoms with van der Waals surface area (Å²) in [5.41, 5.74) is 8.48. The van der Waals surface area contributed by atoms with Gasteiger partial charge in [-0.05, 0) is 54.8 Å². The molecule has 1 amide bonds. The van der Waals surface area contributed by atoms with E-state index >= 15 is 0 Å². The number of nitrogens with one attached hydrogen (secondary N) is 1. The molecule has 232 valence electrons. The van der Waals surface area contributed by atoms with E-state index in [0.717, 1.165) is 12.5 Å². The average Bonchev–Trinajstić information content (AvgIpc) is 2.99. The number of aromatic nitrogens is 3. The van der Waals surface area contributed by atoms with Gasteiger partial charge in [-0.3, -0.25) is 9.79 Å². The number of nitrogen functional groups attached to an aromatic ring is 1. The summed E-state index contributed by atoms with van der Waals surface area (Å²) >= 11 is 6.46. The number of pyridine rings is 1. The van der Waals surface area contributed by atoms with Crippen LogP contribution in [0.5, 0.6) is 0 Å². The molecule has 0 fully saturated rings. The van der Waals surface area contributed by atoms with Crippen molar-refractivity contribution >= 4 is 56.8 Å². The third-order valence-corrected chi connectivity index (χ3v) is 8.23. The van der Waals surface area contributed by atoms with Gasteiger partial charge in [-0.25, -0.2) is 32.1 Å². The number of nitrogens with two attached hydrogens (primary N) is 1. The molecular formula is C31H30ClFN8O3S. The monoisotopic (exact) mass is 648 g/mol. The van der Waals surface area contributed by atoms with Crippen LogP contribution in [0.4, 0.5) is 27.4 Å². The SMILES string of the molecule is C[C@@H](C=Nc1cccc(Cl)c1C(=O)Nc1cccc(CN(C)S(C)(=O)=O)c1)N(C)c1ncnc(N)c1C#Cc1ccc(F)cn1. The molecular weight excluding hydrogens is 619 g/mol. The lowest BCUT2D eigenvalue weighted by Crippen LogP contribution is -2.31. The van der Waals surface area contributed by atoms with Crippen LogP contribution < -0.4 is 16.0 Å². The summed E-state index contributed by atoms with van der Waals surface area (Å²) in [4.78, 5) is 32.1. The Bertz CT molecular complexity index is 1910. The van der Waals surface area contributed by atoms with E-state index < -0.39 is 21.7 Å². The molecule has 0 aliphatic heterocycles. The second kappa shape index (κ2) is 14.3. The fourth-order valence-corrected chi connectivity index (χ4v) is 4.63. The molecule has 0 bridgehead atoms. The van der Waals surface area contributed by atoms with Crippen LogP contribution in [0.15, 0.2) is 72.1 Å². The van der Waals surface area contributed by atoms with Gasteiger partial charge in [0.05, 0.1) is 34.8 Å². The van der Waals surface area contributed by atoms with Gasteiger partial charge in [0.1, 0.15) is 35.0 Å². The summed E-state index contributed by atoms with van der Waals surface area (Å²) < 4.78 is 38.1. The van der Waals surface area contributed by atoms with Crippen LogP contribution in [0.1, 0.15) is 34.1 Å². The van der Waals surface area contributed by atoms with E-state index in [2.05, 4.69) is 37.1 Å². The van der Waals surface area contributed by atoms with E-state index in [4.69, 9.17) is 17.3 Å². The smallest absolute Gasteiger partial charge is 0.259 e. The molecule has 14 heteroatoms. The highest BCUT2D eigenvalue weighted by Gasteiger charge is 2.19. The molecule has 0 unspecified atom stereocenters. The van der Waals surface area contributed by atoms with Gasteiger partial charge >= 0.3 is 0 Å². The average molecular weight is 649 g/mol. The van der Waals surface area contributed by atoms with Crippen molar-refractivity contribution in [2.75, 3.05) is 36.3 Å². The number of carbonyl (C=O) groups excluding carboxylic acids is 1. The van der Waals surface area contributed by atoms with Gasteiger partial charge in [0, 0.05) is 32.5 Å². The maximum Gasteiger partial charge on any atom is 0.259 e. The fourth-order valence-electron chi connectivity index (χ4n) is 3.99. The van der Waals surface area contributed by atoms with Crippen molar-refractivity contribution < 1.29 is 17.6 Å². The number of anilines is 3. The van der Waals surface area contributed by atoms with Gasteiger partial charge in [-0.15, -0.1) is 0 Å². The quantitative estimate of drug-likeness (QED) is 0.199. The number of benzene rings is 2. The third kappa shape index (κ3) is 8.60. The van der Waals surface area contributed by atoms with E-state index in [-0.39, 0.29) is 29.0 Å². The number of carbonyl (C=O) groups is 1. The van der Waals surface area contributed by atoms with Crippen LogP contribution in [-0.2, 0) is 16.6 Å². The van der Waals surface area contributed by atoms with Crippen LogP contribution >= 0.6 is 11.6 Å². The molecule has 2 aromatic carbocycles. The lowest BCUT2D eigenvalue weighted by atomic mass is 10.1.